The average Bonchev–Trinajstić information content (AvgIpc) is 2.83. The van der Waals surface area contributed by atoms with Crippen LogP contribution >= 0.6 is 0 Å². The van der Waals surface area contributed by atoms with Gasteiger partial charge in [-0.1, -0.05) is 26.8 Å². The Morgan fingerprint density at radius 3 is 2.88 bits per heavy atom. The number of aryl methyl sites for hydroxylation is 1. The van der Waals surface area contributed by atoms with Crippen LogP contribution in [0.2, 0.25) is 0 Å². The molecule has 2 atom stereocenters. The highest BCUT2D eigenvalue weighted by molar-refractivity contribution is 5.88. The Labute approximate surface area is 96.9 Å². The summed E-state index contributed by atoms with van der Waals surface area (Å²) in [4.78, 5) is 3.45. The monoisotopic (exact) mass is 213 g/mol. The number of rotatable bonds is 1. The molecule has 0 bridgehead atoms. The normalized spacial score (nSPS) is 23.9. The van der Waals surface area contributed by atoms with Gasteiger partial charge in [0, 0.05) is 17.1 Å². The molecule has 16 heavy (non-hydrogen) atoms. The van der Waals surface area contributed by atoms with Crippen LogP contribution in [-0.4, -0.2) is 4.98 Å². The van der Waals surface area contributed by atoms with E-state index in [0.717, 1.165) is 12.3 Å². The van der Waals surface area contributed by atoms with Crippen LogP contribution in [0.5, 0.6) is 0 Å². The predicted molar refractivity (Wildman–Crippen MR) is 69.1 cm³/mol. The van der Waals surface area contributed by atoms with Crippen LogP contribution in [0.25, 0.3) is 10.9 Å². The summed E-state index contributed by atoms with van der Waals surface area (Å²) in [6.45, 7) is 6.96. The predicted octanol–water partition coefficient (Wildman–Crippen LogP) is 4.34. The molecule has 1 heteroatoms. The van der Waals surface area contributed by atoms with Crippen LogP contribution in [0.3, 0.4) is 0 Å². The third kappa shape index (κ3) is 1.17. The van der Waals surface area contributed by atoms with Gasteiger partial charge in [0.05, 0.1) is 0 Å². The zero-order valence-corrected chi connectivity index (χ0v) is 10.3. The molecule has 2 aromatic rings. The van der Waals surface area contributed by atoms with Gasteiger partial charge >= 0.3 is 0 Å². The molecular formula is C15H19N. The number of hydrogen-bond donors (Lipinski definition) is 1. The minimum absolute atomic E-state index is 0.706. The zero-order valence-electron chi connectivity index (χ0n) is 10.3. The number of aromatic nitrogens is 1. The SMILES string of the molecule is CCc1cc2c(c3[nH]ccc13)[C@@H](C)C[C@@H]2C. The minimum atomic E-state index is 0.706. The van der Waals surface area contributed by atoms with Gasteiger partial charge in [0.15, 0.2) is 0 Å². The average molecular weight is 213 g/mol. The Balaban J connectivity index is 2.39. The Kier molecular flexibility index (Phi) is 2.10. The van der Waals surface area contributed by atoms with Crippen molar-refractivity contribution in [3.8, 4) is 0 Å². The van der Waals surface area contributed by atoms with Crippen LogP contribution in [-0.2, 0) is 6.42 Å². The smallest absolute Gasteiger partial charge is 0.0494 e. The standard InChI is InChI=1S/C15H19N/c1-4-11-8-13-9(2)7-10(3)14(13)15-12(11)5-6-16-15/h5-6,8-10,16H,4,7H2,1-3H3/t9-,10-/m0/s1. The largest absolute Gasteiger partial charge is 0.361 e. The molecule has 1 heterocycles. The summed E-state index contributed by atoms with van der Waals surface area (Å²) in [6.07, 6.45) is 4.51. The highest BCUT2D eigenvalue weighted by Crippen LogP contribution is 2.45. The lowest BCUT2D eigenvalue weighted by Crippen LogP contribution is -1.93. The summed E-state index contributed by atoms with van der Waals surface area (Å²) < 4.78 is 0. The van der Waals surface area contributed by atoms with Gasteiger partial charge in [0.25, 0.3) is 0 Å². The van der Waals surface area contributed by atoms with Crippen molar-refractivity contribution < 1.29 is 0 Å². The molecule has 0 saturated heterocycles. The second-order valence-electron chi connectivity index (χ2n) is 5.20. The van der Waals surface area contributed by atoms with Crippen LogP contribution < -0.4 is 0 Å². The Bertz CT molecular complexity index is 536. The van der Waals surface area contributed by atoms with E-state index >= 15 is 0 Å². The maximum absolute atomic E-state index is 3.45. The molecule has 1 nitrogen and oxygen atoms in total. The van der Waals surface area contributed by atoms with Gasteiger partial charge in [0.2, 0.25) is 0 Å². The lowest BCUT2D eigenvalue weighted by atomic mass is 9.95. The first-order valence-corrected chi connectivity index (χ1v) is 6.35. The first kappa shape index (κ1) is 9.95. The molecule has 1 aromatic carbocycles. The van der Waals surface area contributed by atoms with Gasteiger partial charge in [-0.2, -0.15) is 0 Å². The molecule has 0 spiro atoms. The lowest BCUT2D eigenvalue weighted by molar-refractivity contribution is 0.662. The number of nitrogens with one attached hydrogen (secondary N) is 1. The third-order valence-corrected chi connectivity index (χ3v) is 4.11. The first-order chi connectivity index (χ1) is 7.72. The summed E-state index contributed by atoms with van der Waals surface area (Å²) in [6, 6.07) is 4.67. The van der Waals surface area contributed by atoms with E-state index in [0.29, 0.717) is 5.92 Å². The molecular weight excluding hydrogens is 194 g/mol. The van der Waals surface area contributed by atoms with Crippen molar-refractivity contribution in [2.75, 3.05) is 0 Å². The molecule has 3 rings (SSSR count). The minimum Gasteiger partial charge on any atom is -0.361 e. The first-order valence-electron chi connectivity index (χ1n) is 6.35. The van der Waals surface area contributed by atoms with Crippen molar-refractivity contribution in [2.45, 2.75) is 45.4 Å². The molecule has 1 aliphatic carbocycles. The van der Waals surface area contributed by atoms with Crippen molar-refractivity contribution in [3.05, 3.63) is 35.0 Å². The van der Waals surface area contributed by atoms with E-state index < -0.39 is 0 Å². The molecule has 1 N–H and O–H groups in total. The molecule has 1 aliphatic rings. The molecule has 84 valence electrons. The summed E-state index contributed by atoms with van der Waals surface area (Å²) in [5.74, 6) is 1.43. The maximum atomic E-state index is 3.45. The Hall–Kier alpha value is -1.24. The van der Waals surface area contributed by atoms with Crippen LogP contribution in [0.15, 0.2) is 18.3 Å². The van der Waals surface area contributed by atoms with Crippen LogP contribution in [0, 0.1) is 0 Å². The molecule has 0 saturated carbocycles. The fourth-order valence-electron chi connectivity index (χ4n) is 3.35. The Morgan fingerprint density at radius 1 is 1.31 bits per heavy atom. The second kappa shape index (κ2) is 3.38. The van der Waals surface area contributed by atoms with Crippen molar-refractivity contribution in [1.29, 1.82) is 0 Å². The molecule has 0 fully saturated rings. The topological polar surface area (TPSA) is 15.8 Å². The lowest BCUT2D eigenvalue weighted by Gasteiger charge is -2.10. The quantitative estimate of drug-likeness (QED) is 0.725. The van der Waals surface area contributed by atoms with Gasteiger partial charge < -0.3 is 4.98 Å². The molecule has 0 radical (unpaired) electrons. The van der Waals surface area contributed by atoms with Gasteiger partial charge in [0.1, 0.15) is 0 Å². The fourth-order valence-corrected chi connectivity index (χ4v) is 3.35. The highest BCUT2D eigenvalue weighted by Gasteiger charge is 2.28. The highest BCUT2D eigenvalue weighted by atomic mass is 14.7. The van der Waals surface area contributed by atoms with Crippen molar-refractivity contribution in [3.63, 3.8) is 0 Å². The van der Waals surface area contributed by atoms with E-state index in [1.165, 1.54) is 22.9 Å². The van der Waals surface area contributed by atoms with E-state index in [1.807, 2.05) is 0 Å². The van der Waals surface area contributed by atoms with Crippen molar-refractivity contribution >= 4 is 10.9 Å². The third-order valence-electron chi connectivity index (χ3n) is 4.11. The number of benzene rings is 1. The van der Waals surface area contributed by atoms with Gasteiger partial charge in [-0.05, 0) is 47.4 Å². The number of aromatic amines is 1. The number of fused-ring (bicyclic) bond motifs is 3. The Morgan fingerprint density at radius 2 is 2.12 bits per heavy atom. The van der Waals surface area contributed by atoms with E-state index in [9.17, 15) is 0 Å². The molecule has 1 aromatic heterocycles. The van der Waals surface area contributed by atoms with Gasteiger partial charge in [-0.3, -0.25) is 0 Å². The van der Waals surface area contributed by atoms with Gasteiger partial charge in [-0.25, -0.2) is 0 Å². The van der Waals surface area contributed by atoms with Gasteiger partial charge in [-0.15, -0.1) is 0 Å². The van der Waals surface area contributed by atoms with Crippen LogP contribution in [0.4, 0.5) is 0 Å². The maximum Gasteiger partial charge on any atom is 0.0494 e. The van der Waals surface area contributed by atoms with Crippen molar-refractivity contribution in [1.82, 2.24) is 4.98 Å². The zero-order chi connectivity index (χ0) is 11.3. The van der Waals surface area contributed by atoms with Crippen molar-refractivity contribution in [2.24, 2.45) is 0 Å². The summed E-state index contributed by atoms with van der Waals surface area (Å²) in [5.41, 5.74) is 6.05. The molecule has 0 unspecified atom stereocenters. The second-order valence-corrected chi connectivity index (χ2v) is 5.20. The fraction of sp³-hybridized carbons (Fsp3) is 0.467. The molecule has 0 aliphatic heterocycles. The van der Waals surface area contributed by atoms with Crippen LogP contribution in [0.1, 0.15) is 55.7 Å². The molecule has 0 amide bonds. The summed E-state index contributed by atoms with van der Waals surface area (Å²) >= 11 is 0. The summed E-state index contributed by atoms with van der Waals surface area (Å²) in [7, 11) is 0. The van der Waals surface area contributed by atoms with E-state index in [1.54, 1.807) is 11.1 Å². The van der Waals surface area contributed by atoms with E-state index in [-0.39, 0.29) is 0 Å². The van der Waals surface area contributed by atoms with E-state index in [2.05, 4.69) is 44.1 Å². The summed E-state index contributed by atoms with van der Waals surface area (Å²) in [5, 5.41) is 1.43. The van der Waals surface area contributed by atoms with E-state index in [4.69, 9.17) is 0 Å². The number of H-pyrrole nitrogens is 1. The number of hydrogen-bond acceptors (Lipinski definition) is 0.